The van der Waals surface area contributed by atoms with E-state index >= 15 is 0 Å². The van der Waals surface area contributed by atoms with E-state index in [2.05, 4.69) is 20.1 Å². The third-order valence-corrected chi connectivity index (χ3v) is 5.13. The van der Waals surface area contributed by atoms with Crippen molar-refractivity contribution >= 4 is 57.7 Å². The van der Waals surface area contributed by atoms with E-state index < -0.39 is 4.92 Å². The minimum absolute atomic E-state index is 0.0135. The molecule has 3 rings (SSSR count). The summed E-state index contributed by atoms with van der Waals surface area (Å²) in [7, 11) is 0. The van der Waals surface area contributed by atoms with E-state index in [1.54, 1.807) is 24.3 Å². The fraction of sp³-hybridized carbons (Fsp3) is 0.294. The normalized spacial score (nSPS) is 14.6. The number of rotatable bonds is 3. The van der Waals surface area contributed by atoms with Gasteiger partial charge in [0.1, 0.15) is 12.0 Å². The number of hydrogen-bond donors (Lipinski definition) is 1. The Bertz CT molecular complexity index is 850. The summed E-state index contributed by atoms with van der Waals surface area (Å²) < 4.78 is 0. The molecule has 7 nitrogen and oxygen atoms in total. The molecular weight excluding hydrogens is 409 g/mol. The van der Waals surface area contributed by atoms with Crippen molar-refractivity contribution in [2.24, 2.45) is 0 Å². The summed E-state index contributed by atoms with van der Waals surface area (Å²) >= 11 is 17.6. The van der Waals surface area contributed by atoms with E-state index in [-0.39, 0.29) is 5.69 Å². The first kappa shape index (κ1) is 19.6. The highest BCUT2D eigenvalue weighted by molar-refractivity contribution is 7.80. The summed E-state index contributed by atoms with van der Waals surface area (Å²) in [5.41, 5.74) is 0.699. The SMILES string of the molecule is O=[N+]([O-])c1ccc(N2CCCN(C(=S)Nc3ccc(Cl)cc3Cl)CC2)nc1. The molecule has 0 saturated carbocycles. The molecule has 0 aliphatic carbocycles. The van der Waals surface area contributed by atoms with Gasteiger partial charge in [0.2, 0.25) is 0 Å². The van der Waals surface area contributed by atoms with Crippen LogP contribution >= 0.6 is 35.4 Å². The second-order valence-corrected chi connectivity index (χ2v) is 7.24. The number of benzene rings is 1. The van der Waals surface area contributed by atoms with Gasteiger partial charge in [0.25, 0.3) is 5.69 Å². The Kier molecular flexibility index (Phi) is 6.30. The molecule has 27 heavy (non-hydrogen) atoms. The van der Waals surface area contributed by atoms with Crippen molar-refractivity contribution < 1.29 is 4.92 Å². The number of thiocarbonyl (C=S) groups is 1. The molecule has 0 amide bonds. The Labute approximate surface area is 172 Å². The topological polar surface area (TPSA) is 74.5 Å². The zero-order valence-corrected chi connectivity index (χ0v) is 16.6. The third kappa shape index (κ3) is 4.97. The van der Waals surface area contributed by atoms with Crippen molar-refractivity contribution in [3.63, 3.8) is 0 Å². The highest BCUT2D eigenvalue weighted by Gasteiger charge is 2.19. The molecular formula is C17H17Cl2N5O2S. The molecule has 0 atom stereocenters. The van der Waals surface area contributed by atoms with E-state index in [4.69, 9.17) is 35.4 Å². The van der Waals surface area contributed by atoms with E-state index in [1.165, 1.54) is 12.3 Å². The largest absolute Gasteiger partial charge is 0.355 e. The van der Waals surface area contributed by atoms with E-state index in [9.17, 15) is 10.1 Å². The minimum Gasteiger partial charge on any atom is -0.355 e. The molecule has 142 valence electrons. The van der Waals surface area contributed by atoms with Crippen LogP contribution in [-0.4, -0.2) is 46.1 Å². The molecule has 0 unspecified atom stereocenters. The molecule has 10 heteroatoms. The van der Waals surface area contributed by atoms with Crippen LogP contribution in [0.4, 0.5) is 17.2 Å². The molecule has 1 N–H and O–H groups in total. The van der Waals surface area contributed by atoms with Gasteiger partial charge in [0.05, 0.1) is 15.6 Å². The van der Waals surface area contributed by atoms with E-state index in [1.807, 2.05) is 0 Å². The predicted octanol–water partition coefficient (Wildman–Crippen LogP) is 4.21. The molecule has 1 saturated heterocycles. The van der Waals surface area contributed by atoms with Crippen LogP contribution in [0.3, 0.4) is 0 Å². The summed E-state index contributed by atoms with van der Waals surface area (Å²) in [5, 5.41) is 15.6. The highest BCUT2D eigenvalue weighted by Crippen LogP contribution is 2.26. The minimum atomic E-state index is -0.451. The quantitative estimate of drug-likeness (QED) is 0.448. The van der Waals surface area contributed by atoms with Crippen molar-refractivity contribution in [3.05, 3.63) is 56.7 Å². The molecule has 0 radical (unpaired) electrons. The maximum Gasteiger partial charge on any atom is 0.287 e. The van der Waals surface area contributed by atoms with Gasteiger partial charge in [-0.25, -0.2) is 4.98 Å². The van der Waals surface area contributed by atoms with Gasteiger partial charge in [0, 0.05) is 37.3 Å². The standard InChI is InChI=1S/C17H17Cl2N5O2S/c18-12-2-4-15(14(19)10-12)21-17(27)23-7-1-6-22(8-9-23)16-5-3-13(11-20-16)24(25)26/h2-5,10-11H,1,6-9H2,(H,21,27). The number of nitro groups is 1. The fourth-order valence-electron chi connectivity index (χ4n) is 2.81. The van der Waals surface area contributed by atoms with Crippen LogP contribution in [-0.2, 0) is 0 Å². The number of pyridine rings is 1. The summed E-state index contributed by atoms with van der Waals surface area (Å²) in [5.74, 6) is 0.724. The third-order valence-electron chi connectivity index (χ3n) is 4.22. The summed E-state index contributed by atoms with van der Waals surface area (Å²) in [4.78, 5) is 18.7. The molecule has 0 bridgehead atoms. The number of nitrogens with one attached hydrogen (secondary N) is 1. The molecule has 1 aliphatic rings. The van der Waals surface area contributed by atoms with Crippen LogP contribution in [0, 0.1) is 10.1 Å². The molecule has 0 spiro atoms. The van der Waals surface area contributed by atoms with Crippen LogP contribution in [0.25, 0.3) is 0 Å². The maximum atomic E-state index is 10.8. The second-order valence-electron chi connectivity index (χ2n) is 6.01. The first-order valence-electron chi connectivity index (χ1n) is 8.30. The predicted molar refractivity (Wildman–Crippen MR) is 112 cm³/mol. The molecule has 2 aromatic rings. The Balaban J connectivity index is 1.62. The number of nitrogens with zero attached hydrogens (tertiary/aromatic N) is 4. The Morgan fingerprint density at radius 3 is 2.67 bits per heavy atom. The van der Waals surface area contributed by atoms with Crippen molar-refractivity contribution in [3.8, 4) is 0 Å². The monoisotopic (exact) mass is 425 g/mol. The van der Waals surface area contributed by atoms with Gasteiger partial charge in [-0.05, 0) is 42.9 Å². The Morgan fingerprint density at radius 1 is 1.19 bits per heavy atom. The maximum absolute atomic E-state index is 10.8. The summed E-state index contributed by atoms with van der Waals surface area (Å²) in [6.45, 7) is 3.00. The lowest BCUT2D eigenvalue weighted by molar-refractivity contribution is -0.385. The average molecular weight is 426 g/mol. The van der Waals surface area contributed by atoms with Crippen LogP contribution in [0.15, 0.2) is 36.5 Å². The van der Waals surface area contributed by atoms with Gasteiger partial charge in [-0.15, -0.1) is 0 Å². The molecule has 1 aromatic heterocycles. The molecule has 1 fully saturated rings. The van der Waals surface area contributed by atoms with Gasteiger partial charge < -0.3 is 15.1 Å². The number of halogens is 2. The lowest BCUT2D eigenvalue weighted by atomic mass is 10.3. The number of hydrogen-bond acceptors (Lipinski definition) is 5. The fourth-order valence-corrected chi connectivity index (χ4v) is 3.56. The zero-order valence-electron chi connectivity index (χ0n) is 14.3. The lowest BCUT2D eigenvalue weighted by Gasteiger charge is -2.25. The van der Waals surface area contributed by atoms with Gasteiger partial charge in [-0.3, -0.25) is 10.1 Å². The number of anilines is 2. The van der Waals surface area contributed by atoms with Crippen LogP contribution in [0.2, 0.25) is 10.0 Å². The van der Waals surface area contributed by atoms with E-state index in [0.29, 0.717) is 33.9 Å². The van der Waals surface area contributed by atoms with E-state index in [0.717, 1.165) is 25.3 Å². The van der Waals surface area contributed by atoms with Crippen molar-refractivity contribution in [1.82, 2.24) is 9.88 Å². The van der Waals surface area contributed by atoms with Crippen LogP contribution in [0.5, 0.6) is 0 Å². The van der Waals surface area contributed by atoms with Gasteiger partial charge in [-0.2, -0.15) is 0 Å². The Hall–Kier alpha value is -2.16. The molecule has 1 aliphatic heterocycles. The van der Waals surface area contributed by atoms with Crippen molar-refractivity contribution in [2.45, 2.75) is 6.42 Å². The van der Waals surface area contributed by atoms with Gasteiger partial charge in [-0.1, -0.05) is 23.2 Å². The summed E-state index contributed by atoms with van der Waals surface area (Å²) in [6.07, 6.45) is 2.17. The molecule has 1 aromatic carbocycles. The summed E-state index contributed by atoms with van der Waals surface area (Å²) in [6, 6.07) is 8.36. The van der Waals surface area contributed by atoms with Gasteiger partial charge in [0.15, 0.2) is 5.11 Å². The highest BCUT2D eigenvalue weighted by atomic mass is 35.5. The lowest BCUT2D eigenvalue weighted by Crippen LogP contribution is -2.38. The number of aromatic nitrogens is 1. The van der Waals surface area contributed by atoms with Crippen molar-refractivity contribution in [2.75, 3.05) is 36.4 Å². The van der Waals surface area contributed by atoms with Crippen molar-refractivity contribution in [1.29, 1.82) is 0 Å². The smallest absolute Gasteiger partial charge is 0.287 e. The first-order valence-corrected chi connectivity index (χ1v) is 9.47. The van der Waals surface area contributed by atoms with Crippen LogP contribution in [0.1, 0.15) is 6.42 Å². The zero-order chi connectivity index (χ0) is 19.4. The second kappa shape index (κ2) is 8.69. The van der Waals surface area contributed by atoms with Crippen LogP contribution < -0.4 is 10.2 Å². The molecule has 2 heterocycles. The average Bonchev–Trinajstić information content (AvgIpc) is 2.90. The van der Waals surface area contributed by atoms with Gasteiger partial charge >= 0.3 is 0 Å². The first-order chi connectivity index (χ1) is 12.9. The Morgan fingerprint density at radius 2 is 2.00 bits per heavy atom.